The molecule has 1 amide bonds. The number of rotatable bonds is 6. The van der Waals surface area contributed by atoms with E-state index < -0.39 is 6.09 Å². The van der Waals surface area contributed by atoms with Crippen LogP contribution in [0.1, 0.15) is 20.3 Å². The van der Waals surface area contributed by atoms with Gasteiger partial charge in [0.15, 0.2) is 5.82 Å². The van der Waals surface area contributed by atoms with E-state index >= 15 is 0 Å². The molecule has 1 aliphatic heterocycles. The maximum absolute atomic E-state index is 14.1. The zero-order valence-electron chi connectivity index (χ0n) is 18.2. The second kappa shape index (κ2) is 8.98. The molecule has 168 valence electrons. The van der Waals surface area contributed by atoms with Crippen LogP contribution in [0.25, 0.3) is 22.3 Å². The quantitative estimate of drug-likeness (QED) is 0.584. The summed E-state index contributed by atoms with van der Waals surface area (Å²) in [7, 11) is 0. The van der Waals surface area contributed by atoms with Gasteiger partial charge in [-0.1, -0.05) is 26.0 Å². The van der Waals surface area contributed by atoms with Gasteiger partial charge in [-0.2, -0.15) is 0 Å². The second-order valence-corrected chi connectivity index (χ2v) is 8.73. The van der Waals surface area contributed by atoms with Crippen molar-refractivity contribution < 1.29 is 19.4 Å². The number of carboxylic acid groups (broad SMARTS) is 1. The van der Waals surface area contributed by atoms with Crippen LogP contribution < -0.4 is 4.90 Å². The molecule has 2 N–H and O–H groups in total. The third-order valence-electron chi connectivity index (χ3n) is 5.70. The molecule has 3 aromatic rings. The molecule has 0 unspecified atom stereocenters. The Kier molecular flexibility index (Phi) is 6.12. The molecule has 0 spiro atoms. The number of carbonyl (C=O) groups is 1. The van der Waals surface area contributed by atoms with Crippen molar-refractivity contribution in [3.05, 3.63) is 48.3 Å². The van der Waals surface area contributed by atoms with Crippen molar-refractivity contribution in [2.75, 3.05) is 31.1 Å². The number of anilines is 1. The standard InChI is InChI=1S/C24H27FN4O3/c1-15(2)12-29(24(31)32)14-16-9-10-28(13-16)23-19-11-17(25)7-8-20(19)26-22(27-23)18-5-3-4-6-21(18)30/h3-8,11,15-16,30H,9-10,12-14H2,1-2H3,(H,31,32)/t16-/m0/s1. The molecular formula is C24H27FN4O3. The van der Waals surface area contributed by atoms with E-state index in [-0.39, 0.29) is 23.4 Å². The number of para-hydroxylation sites is 1. The first-order valence-electron chi connectivity index (χ1n) is 10.8. The molecule has 0 saturated carbocycles. The van der Waals surface area contributed by atoms with Crippen LogP contribution in [0.5, 0.6) is 5.75 Å². The predicted octanol–water partition coefficient (Wildman–Crippen LogP) is 4.60. The number of aromatic nitrogens is 2. The molecule has 32 heavy (non-hydrogen) atoms. The summed E-state index contributed by atoms with van der Waals surface area (Å²) in [4.78, 5) is 24.4. The highest BCUT2D eigenvalue weighted by Gasteiger charge is 2.29. The van der Waals surface area contributed by atoms with Gasteiger partial charge in [-0.25, -0.2) is 19.2 Å². The van der Waals surface area contributed by atoms with Gasteiger partial charge in [0.05, 0.1) is 11.1 Å². The minimum atomic E-state index is -0.909. The predicted molar refractivity (Wildman–Crippen MR) is 121 cm³/mol. The molecule has 0 aliphatic carbocycles. The fourth-order valence-electron chi connectivity index (χ4n) is 4.27. The van der Waals surface area contributed by atoms with Crippen LogP contribution in [0.2, 0.25) is 0 Å². The molecule has 1 atom stereocenters. The summed E-state index contributed by atoms with van der Waals surface area (Å²) in [6.07, 6.45) is -0.0947. The van der Waals surface area contributed by atoms with Crippen molar-refractivity contribution in [2.24, 2.45) is 11.8 Å². The molecule has 1 aliphatic rings. The normalized spacial score (nSPS) is 16.1. The van der Waals surface area contributed by atoms with Gasteiger partial charge in [-0.05, 0) is 48.6 Å². The Balaban J connectivity index is 1.67. The summed E-state index contributed by atoms with van der Waals surface area (Å²) in [5, 5.41) is 20.4. The number of aromatic hydroxyl groups is 1. The first-order chi connectivity index (χ1) is 15.3. The maximum atomic E-state index is 14.1. The topological polar surface area (TPSA) is 89.8 Å². The third kappa shape index (κ3) is 4.59. The Labute approximate surface area is 186 Å². The molecule has 4 rings (SSSR count). The van der Waals surface area contributed by atoms with Crippen LogP contribution in [-0.4, -0.2) is 57.4 Å². The van der Waals surface area contributed by atoms with Crippen LogP contribution in [0, 0.1) is 17.7 Å². The van der Waals surface area contributed by atoms with Crippen LogP contribution in [0.15, 0.2) is 42.5 Å². The Morgan fingerprint density at radius 2 is 2.03 bits per heavy atom. The number of hydrogen-bond acceptors (Lipinski definition) is 5. The van der Waals surface area contributed by atoms with Gasteiger partial charge in [-0.15, -0.1) is 0 Å². The molecule has 2 aromatic carbocycles. The van der Waals surface area contributed by atoms with Gasteiger partial charge in [0.2, 0.25) is 0 Å². The van der Waals surface area contributed by atoms with Crippen molar-refractivity contribution in [3.63, 3.8) is 0 Å². The number of nitrogens with zero attached hydrogens (tertiary/aromatic N) is 4. The molecule has 7 nitrogen and oxygen atoms in total. The molecule has 1 saturated heterocycles. The molecule has 0 bridgehead atoms. The number of hydrogen-bond donors (Lipinski definition) is 2. The average Bonchev–Trinajstić information content (AvgIpc) is 3.21. The smallest absolute Gasteiger partial charge is 0.407 e. The highest BCUT2D eigenvalue weighted by atomic mass is 19.1. The second-order valence-electron chi connectivity index (χ2n) is 8.73. The molecule has 1 aromatic heterocycles. The van der Waals surface area contributed by atoms with E-state index in [9.17, 15) is 19.4 Å². The van der Waals surface area contributed by atoms with Crippen LogP contribution in [0.4, 0.5) is 15.0 Å². The molecule has 8 heteroatoms. The Hall–Kier alpha value is -3.42. The minimum Gasteiger partial charge on any atom is -0.507 e. The average molecular weight is 439 g/mol. The Morgan fingerprint density at radius 1 is 1.25 bits per heavy atom. The largest absolute Gasteiger partial charge is 0.507 e. The number of halogens is 1. The lowest BCUT2D eigenvalue weighted by Crippen LogP contribution is -2.37. The zero-order valence-corrected chi connectivity index (χ0v) is 18.2. The highest BCUT2D eigenvalue weighted by molar-refractivity contribution is 5.91. The van der Waals surface area contributed by atoms with Gasteiger partial charge in [0, 0.05) is 31.6 Å². The fourth-order valence-corrected chi connectivity index (χ4v) is 4.27. The van der Waals surface area contributed by atoms with Crippen molar-refractivity contribution in [1.82, 2.24) is 14.9 Å². The molecule has 1 fully saturated rings. The van der Waals surface area contributed by atoms with E-state index in [1.165, 1.54) is 17.0 Å². The van der Waals surface area contributed by atoms with Gasteiger partial charge in [-0.3, -0.25) is 0 Å². The highest BCUT2D eigenvalue weighted by Crippen LogP contribution is 2.34. The lowest BCUT2D eigenvalue weighted by molar-refractivity contribution is 0.132. The van der Waals surface area contributed by atoms with Gasteiger partial charge in [0.25, 0.3) is 0 Å². The zero-order chi connectivity index (χ0) is 22.8. The van der Waals surface area contributed by atoms with Gasteiger partial charge >= 0.3 is 6.09 Å². The SMILES string of the molecule is CC(C)CN(C[C@H]1CCN(c2nc(-c3ccccc3O)nc3ccc(F)cc23)C1)C(=O)O. The Morgan fingerprint density at radius 3 is 2.75 bits per heavy atom. The van der Waals surface area contributed by atoms with E-state index in [0.717, 1.165) is 6.42 Å². The van der Waals surface area contributed by atoms with E-state index in [1.54, 1.807) is 30.3 Å². The summed E-state index contributed by atoms with van der Waals surface area (Å²) in [6.45, 7) is 6.24. The summed E-state index contributed by atoms with van der Waals surface area (Å²) < 4.78 is 14.1. The van der Waals surface area contributed by atoms with Crippen molar-refractivity contribution in [3.8, 4) is 17.1 Å². The number of fused-ring (bicyclic) bond motifs is 1. The number of benzene rings is 2. The van der Waals surface area contributed by atoms with Crippen molar-refractivity contribution >= 4 is 22.8 Å². The first kappa shape index (κ1) is 21.8. The van der Waals surface area contributed by atoms with Crippen LogP contribution in [-0.2, 0) is 0 Å². The van der Waals surface area contributed by atoms with Gasteiger partial charge in [0.1, 0.15) is 17.4 Å². The third-order valence-corrected chi connectivity index (χ3v) is 5.70. The molecule has 0 radical (unpaired) electrons. The fraction of sp³-hybridized carbons (Fsp3) is 0.375. The first-order valence-corrected chi connectivity index (χ1v) is 10.8. The summed E-state index contributed by atoms with van der Waals surface area (Å²) >= 11 is 0. The van der Waals surface area contributed by atoms with E-state index in [4.69, 9.17) is 4.98 Å². The van der Waals surface area contributed by atoms with Crippen LogP contribution >= 0.6 is 0 Å². The number of phenolic OH excluding ortho intramolecular Hbond substituents is 1. The lowest BCUT2D eigenvalue weighted by atomic mass is 10.1. The molecule has 2 heterocycles. The maximum Gasteiger partial charge on any atom is 0.407 e. The van der Waals surface area contributed by atoms with E-state index in [2.05, 4.69) is 9.88 Å². The monoisotopic (exact) mass is 438 g/mol. The summed E-state index contributed by atoms with van der Waals surface area (Å²) in [5.41, 5.74) is 1.09. The van der Waals surface area contributed by atoms with Crippen molar-refractivity contribution in [2.45, 2.75) is 20.3 Å². The number of amides is 1. The summed E-state index contributed by atoms with van der Waals surface area (Å²) in [5.74, 6) is 1.07. The Bertz CT molecular complexity index is 1140. The van der Waals surface area contributed by atoms with E-state index in [0.29, 0.717) is 54.3 Å². The van der Waals surface area contributed by atoms with Crippen LogP contribution in [0.3, 0.4) is 0 Å². The minimum absolute atomic E-state index is 0.0741. The summed E-state index contributed by atoms with van der Waals surface area (Å²) in [6, 6.07) is 11.2. The van der Waals surface area contributed by atoms with E-state index in [1.807, 2.05) is 13.8 Å². The van der Waals surface area contributed by atoms with Gasteiger partial charge < -0.3 is 20.0 Å². The lowest BCUT2D eigenvalue weighted by Gasteiger charge is -2.25. The molecular weight excluding hydrogens is 411 g/mol. The number of phenols is 1. The van der Waals surface area contributed by atoms with Crippen molar-refractivity contribution in [1.29, 1.82) is 0 Å².